The van der Waals surface area contributed by atoms with E-state index in [9.17, 15) is 9.18 Å². The molecule has 0 amide bonds. The quantitative estimate of drug-likeness (QED) is 0.621. The van der Waals surface area contributed by atoms with Gasteiger partial charge in [-0.1, -0.05) is 29.8 Å². The average molecular weight is 388 g/mol. The molecule has 0 fully saturated rings. The Labute approximate surface area is 159 Å². The molecule has 0 saturated heterocycles. The Morgan fingerprint density at radius 1 is 1.26 bits per heavy atom. The van der Waals surface area contributed by atoms with Crippen LogP contribution in [0.4, 0.5) is 21.8 Å². The maximum Gasteiger partial charge on any atom is 0.337 e. The van der Waals surface area contributed by atoms with Crippen LogP contribution in [0, 0.1) is 5.82 Å². The number of nitrogens with one attached hydrogen (secondary N) is 2. The van der Waals surface area contributed by atoms with E-state index in [2.05, 4.69) is 25.8 Å². The van der Waals surface area contributed by atoms with Gasteiger partial charge < -0.3 is 15.4 Å². The monoisotopic (exact) mass is 387 g/mol. The van der Waals surface area contributed by atoms with Crippen molar-refractivity contribution in [2.75, 3.05) is 17.7 Å². The summed E-state index contributed by atoms with van der Waals surface area (Å²) in [5.41, 5.74) is 1.25. The molecule has 3 rings (SSSR count). The van der Waals surface area contributed by atoms with Crippen molar-refractivity contribution in [3.8, 4) is 0 Å². The number of carbonyl (C=O) groups is 1. The first kappa shape index (κ1) is 18.5. The number of nitrogens with zero attached hydrogens (tertiary/aromatic N) is 3. The van der Waals surface area contributed by atoms with E-state index in [4.69, 9.17) is 16.3 Å². The molecule has 0 aliphatic carbocycles. The molecule has 0 radical (unpaired) electrons. The van der Waals surface area contributed by atoms with Crippen molar-refractivity contribution in [2.45, 2.75) is 6.54 Å². The zero-order chi connectivity index (χ0) is 19.2. The number of halogens is 2. The van der Waals surface area contributed by atoms with Gasteiger partial charge in [-0.3, -0.25) is 0 Å². The van der Waals surface area contributed by atoms with Crippen LogP contribution in [0.5, 0.6) is 0 Å². The molecule has 2 N–H and O–H groups in total. The number of methoxy groups -OCH3 is 1. The first-order chi connectivity index (χ1) is 13.1. The van der Waals surface area contributed by atoms with E-state index >= 15 is 0 Å². The lowest BCUT2D eigenvalue weighted by Gasteiger charge is -2.10. The third kappa shape index (κ3) is 4.68. The predicted molar refractivity (Wildman–Crippen MR) is 99.6 cm³/mol. The van der Waals surface area contributed by atoms with Crippen molar-refractivity contribution in [3.63, 3.8) is 0 Å². The van der Waals surface area contributed by atoms with Gasteiger partial charge in [0.1, 0.15) is 5.82 Å². The van der Waals surface area contributed by atoms with Crippen molar-refractivity contribution in [1.82, 2.24) is 15.2 Å². The second-order valence-corrected chi connectivity index (χ2v) is 5.83. The molecule has 7 nitrogen and oxygen atoms in total. The van der Waals surface area contributed by atoms with Crippen molar-refractivity contribution in [3.05, 3.63) is 70.6 Å². The summed E-state index contributed by atoms with van der Waals surface area (Å²) in [5.74, 6) is -0.237. The Kier molecular flexibility index (Phi) is 5.77. The van der Waals surface area contributed by atoms with E-state index in [1.165, 1.54) is 25.4 Å². The lowest BCUT2D eigenvalue weighted by molar-refractivity contribution is 0.0601. The minimum absolute atomic E-state index is 0.164. The van der Waals surface area contributed by atoms with Crippen LogP contribution >= 0.6 is 11.6 Å². The van der Waals surface area contributed by atoms with Crippen LogP contribution in [0.15, 0.2) is 48.7 Å². The van der Waals surface area contributed by atoms with Gasteiger partial charge >= 0.3 is 5.97 Å². The third-order valence-corrected chi connectivity index (χ3v) is 3.94. The summed E-state index contributed by atoms with van der Waals surface area (Å²) in [7, 11) is 1.29. The average Bonchev–Trinajstić information content (AvgIpc) is 2.69. The highest BCUT2D eigenvalue weighted by Crippen LogP contribution is 2.25. The molecule has 0 aliphatic heterocycles. The third-order valence-electron chi connectivity index (χ3n) is 3.61. The summed E-state index contributed by atoms with van der Waals surface area (Å²) in [6.07, 6.45) is 1.42. The summed E-state index contributed by atoms with van der Waals surface area (Å²) in [4.78, 5) is 15.9. The lowest BCUT2D eigenvalue weighted by atomic mass is 10.2. The fourth-order valence-corrected chi connectivity index (χ4v) is 2.42. The fraction of sp³-hybridized carbons (Fsp3) is 0.111. The number of rotatable bonds is 6. The molecule has 0 unspecified atom stereocenters. The highest BCUT2D eigenvalue weighted by atomic mass is 35.5. The van der Waals surface area contributed by atoms with Gasteiger partial charge in [0.25, 0.3) is 0 Å². The van der Waals surface area contributed by atoms with E-state index < -0.39 is 5.97 Å². The minimum Gasteiger partial charge on any atom is -0.465 e. The van der Waals surface area contributed by atoms with Crippen molar-refractivity contribution in [2.24, 2.45) is 0 Å². The molecule has 0 aliphatic rings. The molecule has 138 valence electrons. The second kappa shape index (κ2) is 8.41. The highest BCUT2D eigenvalue weighted by Gasteiger charge is 2.11. The van der Waals surface area contributed by atoms with Crippen molar-refractivity contribution in [1.29, 1.82) is 0 Å². The Bertz CT molecular complexity index is 970. The molecule has 0 bridgehead atoms. The number of aromatic nitrogens is 3. The van der Waals surface area contributed by atoms with E-state index in [1.807, 2.05) is 0 Å². The van der Waals surface area contributed by atoms with Gasteiger partial charge in [-0.2, -0.15) is 10.1 Å². The Morgan fingerprint density at radius 3 is 2.85 bits per heavy atom. The van der Waals surface area contributed by atoms with Crippen LogP contribution in [0.3, 0.4) is 0 Å². The normalized spacial score (nSPS) is 10.3. The molecule has 0 saturated carbocycles. The number of hydrogen-bond donors (Lipinski definition) is 2. The number of anilines is 3. The van der Waals surface area contributed by atoms with Crippen molar-refractivity contribution < 1.29 is 13.9 Å². The summed E-state index contributed by atoms with van der Waals surface area (Å²) >= 11 is 6.14. The molecule has 2 aromatic carbocycles. The van der Waals surface area contributed by atoms with Gasteiger partial charge in [-0.05, 0) is 24.3 Å². The van der Waals surface area contributed by atoms with E-state index in [-0.39, 0.29) is 18.3 Å². The molecule has 1 aromatic heterocycles. The van der Waals surface area contributed by atoms with Gasteiger partial charge in [0.05, 0.1) is 29.6 Å². The summed E-state index contributed by atoms with van der Waals surface area (Å²) in [5, 5.41) is 14.0. The standard InChI is InChI=1S/C18H15ClFN5O2/c1-27-17(26)11-6-7-13(19)15(8-11)23-18-24-16(10-22-25-18)21-9-12-4-2-3-5-14(12)20/h2-8,10H,9H2,1H3,(H2,21,23,24,25). The van der Waals surface area contributed by atoms with Crippen LogP contribution in [0.1, 0.15) is 15.9 Å². The summed E-state index contributed by atoms with van der Waals surface area (Å²) < 4.78 is 18.4. The van der Waals surface area contributed by atoms with Gasteiger partial charge in [0, 0.05) is 12.1 Å². The van der Waals surface area contributed by atoms with Crippen LogP contribution in [0.25, 0.3) is 0 Å². The van der Waals surface area contributed by atoms with Crippen molar-refractivity contribution >= 4 is 35.0 Å². The van der Waals surface area contributed by atoms with E-state index in [0.717, 1.165) is 0 Å². The number of benzene rings is 2. The molecule has 1 heterocycles. The topological polar surface area (TPSA) is 89.0 Å². The lowest BCUT2D eigenvalue weighted by Crippen LogP contribution is -2.07. The number of carbonyl (C=O) groups excluding carboxylic acids is 1. The molecular weight excluding hydrogens is 373 g/mol. The van der Waals surface area contributed by atoms with Crippen LogP contribution in [-0.2, 0) is 11.3 Å². The molecule has 9 heteroatoms. The largest absolute Gasteiger partial charge is 0.465 e. The first-order valence-corrected chi connectivity index (χ1v) is 8.26. The number of hydrogen-bond acceptors (Lipinski definition) is 7. The zero-order valence-corrected chi connectivity index (χ0v) is 15.0. The Balaban J connectivity index is 1.74. The summed E-state index contributed by atoms with van der Waals surface area (Å²) in [6, 6.07) is 11.1. The Hall–Kier alpha value is -3.26. The van der Waals surface area contributed by atoms with E-state index in [0.29, 0.717) is 27.7 Å². The van der Waals surface area contributed by atoms with Gasteiger partial charge in [0.15, 0.2) is 5.82 Å². The first-order valence-electron chi connectivity index (χ1n) is 7.88. The van der Waals surface area contributed by atoms with E-state index in [1.54, 1.807) is 30.3 Å². The number of esters is 1. The maximum absolute atomic E-state index is 13.7. The molecule has 0 atom stereocenters. The number of ether oxygens (including phenoxy) is 1. The Morgan fingerprint density at radius 2 is 2.07 bits per heavy atom. The van der Waals surface area contributed by atoms with Gasteiger partial charge in [-0.25, -0.2) is 9.18 Å². The minimum atomic E-state index is -0.492. The molecular formula is C18H15ClFN5O2. The molecule has 27 heavy (non-hydrogen) atoms. The molecule has 3 aromatic rings. The van der Waals surface area contributed by atoms with Gasteiger partial charge in [0.2, 0.25) is 5.95 Å². The predicted octanol–water partition coefficient (Wildman–Crippen LogP) is 3.81. The van der Waals surface area contributed by atoms with Gasteiger partial charge in [-0.15, -0.1) is 5.10 Å². The van der Waals surface area contributed by atoms with Crippen LogP contribution in [0.2, 0.25) is 5.02 Å². The highest BCUT2D eigenvalue weighted by molar-refractivity contribution is 6.33. The maximum atomic E-state index is 13.7. The molecule has 0 spiro atoms. The second-order valence-electron chi connectivity index (χ2n) is 5.42. The summed E-state index contributed by atoms with van der Waals surface area (Å²) in [6.45, 7) is 0.239. The fourth-order valence-electron chi connectivity index (χ4n) is 2.26. The van der Waals surface area contributed by atoms with Crippen LogP contribution in [-0.4, -0.2) is 28.3 Å². The SMILES string of the molecule is COC(=O)c1ccc(Cl)c(Nc2nncc(NCc3ccccc3F)n2)c1. The van der Waals surface area contributed by atoms with Crippen LogP contribution < -0.4 is 10.6 Å². The smallest absolute Gasteiger partial charge is 0.337 e. The zero-order valence-electron chi connectivity index (χ0n) is 14.2.